The zero-order valence-electron chi connectivity index (χ0n) is 17.6. The fourth-order valence-electron chi connectivity index (χ4n) is 3.31. The van der Waals surface area contributed by atoms with Crippen LogP contribution in [0.3, 0.4) is 0 Å². The number of rotatable bonds is 6. The van der Waals surface area contributed by atoms with Gasteiger partial charge in [0, 0.05) is 18.1 Å². The Balaban J connectivity index is 2.24. The summed E-state index contributed by atoms with van der Waals surface area (Å²) in [6, 6.07) is 3.10. The van der Waals surface area contributed by atoms with E-state index in [-0.39, 0.29) is 24.0 Å². The summed E-state index contributed by atoms with van der Waals surface area (Å²) in [6.45, 7) is 9.94. The minimum absolute atomic E-state index is 0.0788. The van der Waals surface area contributed by atoms with Gasteiger partial charge in [0.25, 0.3) is 0 Å². The summed E-state index contributed by atoms with van der Waals surface area (Å²) in [4.78, 5) is 12.4. The highest BCUT2D eigenvalue weighted by Crippen LogP contribution is 2.31. The molecule has 158 valence electrons. The lowest BCUT2D eigenvalue weighted by Gasteiger charge is -2.34. The van der Waals surface area contributed by atoms with Crippen LogP contribution in [0.15, 0.2) is 17.0 Å². The van der Waals surface area contributed by atoms with Crippen LogP contribution < -0.4 is 4.74 Å². The molecule has 0 N–H and O–H groups in total. The fourth-order valence-corrected chi connectivity index (χ4v) is 6.59. The summed E-state index contributed by atoms with van der Waals surface area (Å²) in [5.41, 5.74) is 1.14. The number of ether oxygens (including phenoxy) is 2. The van der Waals surface area contributed by atoms with E-state index in [1.807, 2.05) is 20.8 Å². The molecule has 28 heavy (non-hydrogen) atoms. The first-order chi connectivity index (χ1) is 13.0. The number of carbonyl (C=O) groups excluding carboxylic acids is 1. The molecule has 8 heteroatoms. The SMILES string of the molecule is COc1cc(C)c(S(=O)(=O)N2CCSCC2COC(=O)CC(C)(C)C)c(C)c1. The minimum atomic E-state index is -3.71. The first kappa shape index (κ1) is 23.0. The minimum Gasteiger partial charge on any atom is -0.497 e. The van der Waals surface area contributed by atoms with Crippen LogP contribution in [-0.4, -0.2) is 56.5 Å². The molecule has 1 unspecified atom stereocenters. The maximum absolute atomic E-state index is 13.4. The Kier molecular flexibility index (Phi) is 7.44. The van der Waals surface area contributed by atoms with Gasteiger partial charge in [-0.05, 0) is 42.5 Å². The van der Waals surface area contributed by atoms with Gasteiger partial charge < -0.3 is 9.47 Å². The van der Waals surface area contributed by atoms with Gasteiger partial charge in [0.2, 0.25) is 10.0 Å². The van der Waals surface area contributed by atoms with Crippen LogP contribution >= 0.6 is 11.8 Å². The number of methoxy groups -OCH3 is 1. The molecule has 1 heterocycles. The highest BCUT2D eigenvalue weighted by Gasteiger charge is 2.36. The zero-order valence-corrected chi connectivity index (χ0v) is 19.2. The van der Waals surface area contributed by atoms with Gasteiger partial charge in [0.05, 0.1) is 24.5 Å². The predicted octanol–water partition coefficient (Wildman–Crippen LogP) is 3.40. The van der Waals surface area contributed by atoms with E-state index in [2.05, 4.69) is 0 Å². The normalized spacial score (nSPS) is 18.7. The number of aryl methyl sites for hydroxylation is 2. The maximum atomic E-state index is 13.4. The molecule has 2 rings (SSSR count). The van der Waals surface area contributed by atoms with E-state index in [1.54, 1.807) is 44.9 Å². The smallest absolute Gasteiger partial charge is 0.306 e. The second-order valence-corrected chi connectivity index (χ2v) is 11.3. The Morgan fingerprint density at radius 2 is 1.86 bits per heavy atom. The van der Waals surface area contributed by atoms with Crippen LogP contribution in [0.25, 0.3) is 0 Å². The Labute approximate surface area is 173 Å². The quantitative estimate of drug-likeness (QED) is 0.646. The molecule has 0 spiro atoms. The largest absolute Gasteiger partial charge is 0.497 e. The number of hydrogen-bond acceptors (Lipinski definition) is 6. The summed E-state index contributed by atoms with van der Waals surface area (Å²) >= 11 is 1.68. The van der Waals surface area contributed by atoms with Crippen molar-refractivity contribution in [3.8, 4) is 5.75 Å². The number of benzene rings is 1. The van der Waals surface area contributed by atoms with E-state index in [4.69, 9.17) is 9.47 Å². The van der Waals surface area contributed by atoms with Gasteiger partial charge in [-0.3, -0.25) is 4.79 Å². The summed E-state index contributed by atoms with van der Waals surface area (Å²) in [6.07, 6.45) is 0.302. The molecule has 1 aromatic rings. The number of thioether (sulfide) groups is 1. The van der Waals surface area contributed by atoms with Crippen molar-refractivity contribution in [2.24, 2.45) is 5.41 Å². The Hall–Kier alpha value is -1.25. The zero-order chi connectivity index (χ0) is 21.1. The van der Waals surface area contributed by atoms with Gasteiger partial charge in [0.15, 0.2) is 0 Å². The molecule has 6 nitrogen and oxygen atoms in total. The van der Waals surface area contributed by atoms with Crippen molar-refractivity contribution in [2.75, 3.05) is 31.8 Å². The lowest BCUT2D eigenvalue weighted by atomic mass is 9.92. The first-order valence-corrected chi connectivity index (χ1v) is 12.0. The van der Waals surface area contributed by atoms with Crippen LogP contribution in [-0.2, 0) is 19.6 Å². The number of esters is 1. The van der Waals surface area contributed by atoms with E-state index in [9.17, 15) is 13.2 Å². The van der Waals surface area contributed by atoms with Crippen molar-refractivity contribution in [1.29, 1.82) is 0 Å². The Bertz CT molecular complexity index is 791. The van der Waals surface area contributed by atoms with Gasteiger partial charge >= 0.3 is 5.97 Å². The van der Waals surface area contributed by atoms with E-state index >= 15 is 0 Å². The van der Waals surface area contributed by atoms with Crippen molar-refractivity contribution in [1.82, 2.24) is 4.31 Å². The van der Waals surface area contributed by atoms with Crippen LogP contribution in [0.1, 0.15) is 38.3 Å². The van der Waals surface area contributed by atoms with Gasteiger partial charge in [-0.25, -0.2) is 8.42 Å². The van der Waals surface area contributed by atoms with Gasteiger partial charge in [-0.1, -0.05) is 20.8 Å². The molecule has 0 bridgehead atoms. The van der Waals surface area contributed by atoms with E-state index in [0.29, 0.717) is 40.5 Å². The highest BCUT2D eigenvalue weighted by molar-refractivity contribution is 7.99. The first-order valence-electron chi connectivity index (χ1n) is 9.36. The summed E-state index contributed by atoms with van der Waals surface area (Å²) in [5.74, 6) is 1.67. The predicted molar refractivity (Wildman–Crippen MR) is 113 cm³/mol. The van der Waals surface area contributed by atoms with Crippen molar-refractivity contribution in [3.63, 3.8) is 0 Å². The van der Waals surface area contributed by atoms with Crippen molar-refractivity contribution in [2.45, 2.75) is 52.0 Å². The fraction of sp³-hybridized carbons (Fsp3) is 0.650. The number of hydrogen-bond donors (Lipinski definition) is 0. The van der Waals surface area contributed by atoms with E-state index < -0.39 is 10.0 Å². The molecular weight excluding hydrogens is 398 g/mol. The molecule has 0 aromatic heterocycles. The molecular formula is C20H31NO5S2. The third-order valence-electron chi connectivity index (χ3n) is 4.52. The van der Waals surface area contributed by atoms with E-state index in [0.717, 1.165) is 5.75 Å². The van der Waals surface area contributed by atoms with Crippen LogP contribution in [0.5, 0.6) is 5.75 Å². The average molecular weight is 430 g/mol. The van der Waals surface area contributed by atoms with Crippen LogP contribution in [0, 0.1) is 19.3 Å². The average Bonchev–Trinajstić information content (AvgIpc) is 2.57. The lowest BCUT2D eigenvalue weighted by Crippen LogP contribution is -2.49. The van der Waals surface area contributed by atoms with Gasteiger partial charge in [-0.15, -0.1) is 0 Å². The summed E-state index contributed by atoms with van der Waals surface area (Å²) in [5, 5.41) is 0. The number of nitrogens with zero attached hydrogens (tertiary/aromatic N) is 1. The summed E-state index contributed by atoms with van der Waals surface area (Å²) < 4.78 is 39.1. The molecule has 0 aliphatic carbocycles. The molecule has 1 aliphatic heterocycles. The van der Waals surface area contributed by atoms with Crippen LogP contribution in [0.4, 0.5) is 0 Å². The van der Waals surface area contributed by atoms with Crippen molar-refractivity contribution >= 4 is 27.8 Å². The molecule has 1 aliphatic rings. The number of sulfonamides is 1. The second-order valence-electron chi connectivity index (χ2n) is 8.36. The molecule has 0 amide bonds. The van der Waals surface area contributed by atoms with Crippen molar-refractivity contribution < 1.29 is 22.7 Å². The molecule has 1 saturated heterocycles. The van der Waals surface area contributed by atoms with Crippen molar-refractivity contribution in [3.05, 3.63) is 23.3 Å². The highest BCUT2D eigenvalue weighted by atomic mass is 32.2. The second kappa shape index (κ2) is 9.05. The van der Waals surface area contributed by atoms with Gasteiger partial charge in [0.1, 0.15) is 12.4 Å². The topological polar surface area (TPSA) is 72.9 Å². The van der Waals surface area contributed by atoms with E-state index in [1.165, 1.54) is 4.31 Å². The third-order valence-corrected chi connectivity index (χ3v) is 7.87. The monoisotopic (exact) mass is 429 g/mol. The van der Waals surface area contributed by atoms with Crippen LogP contribution in [0.2, 0.25) is 0 Å². The number of carbonyl (C=O) groups is 1. The van der Waals surface area contributed by atoms with Gasteiger partial charge in [-0.2, -0.15) is 16.1 Å². The molecule has 0 radical (unpaired) electrons. The lowest BCUT2D eigenvalue weighted by molar-refractivity contribution is -0.146. The standard InChI is InChI=1S/C20H31NO5S2/c1-14-9-17(25-6)10-15(2)19(14)28(23,24)21-7-8-27-13-16(21)12-26-18(22)11-20(3,4)5/h9-10,16H,7-8,11-13H2,1-6H3. The Morgan fingerprint density at radius 1 is 1.25 bits per heavy atom. The molecule has 0 saturated carbocycles. The maximum Gasteiger partial charge on any atom is 0.306 e. The molecule has 1 fully saturated rings. The molecule has 1 aromatic carbocycles. The third kappa shape index (κ3) is 5.64. The molecule has 1 atom stereocenters. The summed E-state index contributed by atoms with van der Waals surface area (Å²) in [7, 11) is -2.15. The Morgan fingerprint density at radius 3 is 2.39 bits per heavy atom.